The van der Waals surface area contributed by atoms with Crippen LogP contribution in [0.3, 0.4) is 0 Å². The molecule has 0 bridgehead atoms. The summed E-state index contributed by atoms with van der Waals surface area (Å²) in [6, 6.07) is 1.83. The average Bonchev–Trinajstić information content (AvgIpc) is 2.29. The molecule has 0 radical (unpaired) electrons. The summed E-state index contributed by atoms with van der Waals surface area (Å²) < 4.78 is 1.68. The fourth-order valence-electron chi connectivity index (χ4n) is 1.26. The number of fused-ring (bicyclic) bond motifs is 1. The van der Waals surface area contributed by atoms with Gasteiger partial charge in [-0.2, -0.15) is 5.10 Å². The summed E-state index contributed by atoms with van der Waals surface area (Å²) in [6.07, 6.45) is 1.64. The number of aromatic nitrogens is 3. The summed E-state index contributed by atoms with van der Waals surface area (Å²) in [5.41, 5.74) is 12.2. The van der Waals surface area contributed by atoms with Crippen LogP contribution in [0.2, 0.25) is 0 Å². The second kappa shape index (κ2) is 2.10. The highest BCUT2D eigenvalue weighted by atomic mass is 15.3. The first-order valence-electron chi connectivity index (χ1n) is 3.53. The Bertz CT molecular complexity index is 431. The molecule has 0 saturated heterocycles. The lowest BCUT2D eigenvalue weighted by molar-refractivity contribution is 0.802. The number of aryl methyl sites for hydroxylation is 1. The van der Waals surface area contributed by atoms with Gasteiger partial charge in [0.15, 0.2) is 5.82 Å². The Morgan fingerprint density at radius 3 is 2.75 bits per heavy atom. The lowest BCUT2D eigenvalue weighted by Crippen LogP contribution is -1.92. The molecule has 4 N–H and O–H groups in total. The van der Waals surface area contributed by atoms with Gasteiger partial charge in [0, 0.05) is 13.2 Å². The largest absolute Gasteiger partial charge is 0.383 e. The average molecular weight is 163 g/mol. The van der Waals surface area contributed by atoms with Crippen LogP contribution in [0.4, 0.5) is 11.6 Å². The highest BCUT2D eigenvalue weighted by Crippen LogP contribution is 2.23. The maximum atomic E-state index is 5.63. The molecule has 0 aliphatic heterocycles. The Hall–Kier alpha value is -1.78. The van der Waals surface area contributed by atoms with E-state index in [1.165, 1.54) is 0 Å². The number of pyridine rings is 1. The van der Waals surface area contributed by atoms with Gasteiger partial charge < -0.3 is 11.5 Å². The van der Waals surface area contributed by atoms with Gasteiger partial charge in [-0.05, 0) is 6.07 Å². The van der Waals surface area contributed by atoms with Gasteiger partial charge in [-0.25, -0.2) is 4.98 Å². The molecule has 2 aromatic rings. The van der Waals surface area contributed by atoms with Crippen LogP contribution >= 0.6 is 0 Å². The van der Waals surface area contributed by atoms with Gasteiger partial charge in [0.1, 0.15) is 5.82 Å². The van der Waals surface area contributed by atoms with Crippen molar-refractivity contribution in [2.45, 2.75) is 0 Å². The van der Waals surface area contributed by atoms with Crippen molar-refractivity contribution in [1.29, 1.82) is 0 Å². The third-order valence-corrected chi connectivity index (χ3v) is 1.82. The summed E-state index contributed by atoms with van der Waals surface area (Å²) in [4.78, 5) is 3.93. The molecule has 5 heteroatoms. The number of anilines is 2. The normalized spacial score (nSPS) is 10.8. The third-order valence-electron chi connectivity index (χ3n) is 1.82. The number of hydrogen-bond acceptors (Lipinski definition) is 4. The minimum absolute atomic E-state index is 0.429. The number of nitrogen functional groups attached to an aromatic ring is 2. The lowest BCUT2D eigenvalue weighted by atomic mass is 10.3. The molecule has 2 heterocycles. The first-order valence-corrected chi connectivity index (χ1v) is 3.53. The SMILES string of the molecule is Cn1nc(N)c2c(N)nccc21. The van der Waals surface area contributed by atoms with Crippen molar-refractivity contribution in [3.8, 4) is 0 Å². The topological polar surface area (TPSA) is 82.8 Å². The second-order valence-corrected chi connectivity index (χ2v) is 2.60. The van der Waals surface area contributed by atoms with Crippen molar-refractivity contribution in [1.82, 2.24) is 14.8 Å². The zero-order chi connectivity index (χ0) is 8.72. The van der Waals surface area contributed by atoms with Gasteiger partial charge in [0.25, 0.3) is 0 Å². The smallest absolute Gasteiger partial charge is 0.157 e. The van der Waals surface area contributed by atoms with Crippen molar-refractivity contribution in [3.05, 3.63) is 12.3 Å². The van der Waals surface area contributed by atoms with Crippen molar-refractivity contribution in [2.75, 3.05) is 11.5 Å². The Balaban J connectivity index is 2.99. The van der Waals surface area contributed by atoms with Crippen molar-refractivity contribution in [3.63, 3.8) is 0 Å². The number of rotatable bonds is 0. The quantitative estimate of drug-likeness (QED) is 0.578. The second-order valence-electron chi connectivity index (χ2n) is 2.60. The van der Waals surface area contributed by atoms with E-state index in [9.17, 15) is 0 Å². The maximum Gasteiger partial charge on any atom is 0.157 e. The van der Waals surface area contributed by atoms with Crippen LogP contribution in [0.15, 0.2) is 12.3 Å². The van der Waals surface area contributed by atoms with Gasteiger partial charge >= 0.3 is 0 Å². The van der Waals surface area contributed by atoms with Gasteiger partial charge in [0.2, 0.25) is 0 Å². The van der Waals surface area contributed by atoms with Crippen molar-refractivity contribution < 1.29 is 0 Å². The summed E-state index contributed by atoms with van der Waals surface area (Å²) in [5, 5.41) is 4.76. The van der Waals surface area contributed by atoms with Crippen LogP contribution in [0.1, 0.15) is 0 Å². The van der Waals surface area contributed by atoms with Crippen LogP contribution in [0.5, 0.6) is 0 Å². The molecule has 0 saturated carbocycles. The van der Waals surface area contributed by atoms with Crippen LogP contribution in [0.25, 0.3) is 10.9 Å². The summed E-state index contributed by atoms with van der Waals surface area (Å²) in [6.45, 7) is 0. The molecule has 0 fully saturated rings. The Labute approximate surface area is 69.0 Å². The minimum atomic E-state index is 0.429. The fraction of sp³-hybridized carbons (Fsp3) is 0.143. The molecule has 2 rings (SSSR count). The van der Waals surface area contributed by atoms with Crippen molar-refractivity contribution >= 4 is 22.5 Å². The monoisotopic (exact) mass is 163 g/mol. The summed E-state index contributed by atoms with van der Waals surface area (Å²) in [7, 11) is 1.82. The zero-order valence-electron chi connectivity index (χ0n) is 6.65. The standard InChI is InChI=1S/C7H9N5/c1-12-4-2-3-10-6(8)5(4)7(9)11-12/h2-3H,1H3,(H2,8,10)(H2,9,11). The van der Waals surface area contributed by atoms with Gasteiger partial charge in [0.05, 0.1) is 10.9 Å². The first kappa shape index (κ1) is 6.90. The summed E-state index contributed by atoms with van der Waals surface area (Å²) >= 11 is 0. The zero-order valence-corrected chi connectivity index (χ0v) is 6.65. The van der Waals surface area contributed by atoms with E-state index in [-0.39, 0.29) is 0 Å². The van der Waals surface area contributed by atoms with Crippen molar-refractivity contribution in [2.24, 2.45) is 7.05 Å². The van der Waals surface area contributed by atoms with E-state index in [0.29, 0.717) is 11.6 Å². The number of nitrogens with two attached hydrogens (primary N) is 2. The van der Waals surface area contributed by atoms with Crippen LogP contribution < -0.4 is 11.5 Å². The number of hydrogen-bond donors (Lipinski definition) is 2. The van der Waals surface area contributed by atoms with E-state index < -0.39 is 0 Å². The Morgan fingerprint density at radius 1 is 1.33 bits per heavy atom. The maximum absolute atomic E-state index is 5.63. The molecular weight excluding hydrogens is 154 g/mol. The first-order chi connectivity index (χ1) is 5.70. The predicted octanol–water partition coefficient (Wildman–Crippen LogP) is 0.133. The van der Waals surface area contributed by atoms with Gasteiger partial charge in [-0.15, -0.1) is 0 Å². The van der Waals surface area contributed by atoms with E-state index in [1.807, 2.05) is 13.1 Å². The van der Waals surface area contributed by atoms with Gasteiger partial charge in [-0.3, -0.25) is 4.68 Å². The van der Waals surface area contributed by atoms with E-state index >= 15 is 0 Å². The molecule has 0 aliphatic rings. The van der Waals surface area contributed by atoms with E-state index in [1.54, 1.807) is 10.9 Å². The van der Waals surface area contributed by atoms with E-state index in [2.05, 4.69) is 10.1 Å². The third kappa shape index (κ3) is 0.730. The molecule has 12 heavy (non-hydrogen) atoms. The molecular formula is C7H9N5. The van der Waals surface area contributed by atoms with Crippen LogP contribution in [-0.4, -0.2) is 14.8 Å². The molecule has 62 valence electrons. The summed E-state index contributed by atoms with van der Waals surface area (Å²) in [5.74, 6) is 0.858. The lowest BCUT2D eigenvalue weighted by Gasteiger charge is -1.94. The molecule has 0 atom stereocenters. The Kier molecular flexibility index (Phi) is 1.21. The molecule has 0 spiro atoms. The van der Waals surface area contributed by atoms with E-state index in [4.69, 9.17) is 11.5 Å². The van der Waals surface area contributed by atoms with Gasteiger partial charge in [-0.1, -0.05) is 0 Å². The van der Waals surface area contributed by atoms with Crippen LogP contribution in [-0.2, 0) is 7.05 Å². The highest BCUT2D eigenvalue weighted by Gasteiger charge is 2.07. The molecule has 2 aromatic heterocycles. The Morgan fingerprint density at radius 2 is 2.08 bits per heavy atom. The van der Waals surface area contributed by atoms with E-state index in [0.717, 1.165) is 10.9 Å². The molecule has 0 amide bonds. The fourth-order valence-corrected chi connectivity index (χ4v) is 1.26. The number of nitrogens with zero attached hydrogens (tertiary/aromatic N) is 3. The predicted molar refractivity (Wildman–Crippen MR) is 47.3 cm³/mol. The highest BCUT2D eigenvalue weighted by molar-refractivity contribution is 5.96. The molecule has 0 aliphatic carbocycles. The minimum Gasteiger partial charge on any atom is -0.383 e. The molecule has 0 aromatic carbocycles. The van der Waals surface area contributed by atoms with Crippen LogP contribution in [0, 0.1) is 0 Å². The molecule has 5 nitrogen and oxygen atoms in total. The molecule has 0 unspecified atom stereocenters.